The minimum atomic E-state index is 0.477. The Hall–Kier alpha value is 0.700. The molecule has 0 unspecified atom stereocenters. The summed E-state index contributed by atoms with van der Waals surface area (Å²) < 4.78 is 0.953. The highest BCUT2D eigenvalue weighted by Gasteiger charge is 2.34. The Balaban J connectivity index is 5.08. The number of hydrogen-bond donors (Lipinski definition) is 0. The van der Waals surface area contributed by atoms with Crippen molar-refractivity contribution in [3.8, 4) is 0 Å². The SMILES string of the molecule is CCC(CC(C)C)(CC(C)C)SCSC(CC)(CC(C)C)CC(C)C. The van der Waals surface area contributed by atoms with E-state index in [-0.39, 0.29) is 0 Å². The molecule has 0 amide bonds. The summed E-state index contributed by atoms with van der Waals surface area (Å²) in [6.07, 6.45) is 8.06. The topological polar surface area (TPSA) is 0 Å². The van der Waals surface area contributed by atoms with Crippen molar-refractivity contribution in [2.45, 2.75) is 117 Å². The molecule has 152 valence electrons. The van der Waals surface area contributed by atoms with Crippen molar-refractivity contribution in [1.82, 2.24) is 0 Å². The molecule has 0 nitrogen and oxygen atoms in total. The molecule has 0 radical (unpaired) electrons. The van der Waals surface area contributed by atoms with Crippen LogP contribution in [0.15, 0.2) is 0 Å². The Morgan fingerprint density at radius 1 is 0.520 bits per heavy atom. The summed E-state index contributed by atoms with van der Waals surface area (Å²) in [5.74, 6) is 3.16. The van der Waals surface area contributed by atoms with Gasteiger partial charge in [0.1, 0.15) is 0 Å². The van der Waals surface area contributed by atoms with Gasteiger partial charge in [0, 0.05) is 14.6 Å². The zero-order valence-electron chi connectivity index (χ0n) is 19.1. The van der Waals surface area contributed by atoms with Crippen LogP contribution in [0, 0.1) is 23.7 Å². The van der Waals surface area contributed by atoms with Crippen molar-refractivity contribution in [3.05, 3.63) is 0 Å². The molecule has 2 heteroatoms. The molecular weight excluding hydrogens is 340 g/mol. The lowest BCUT2D eigenvalue weighted by atomic mass is 9.86. The van der Waals surface area contributed by atoms with E-state index in [0.29, 0.717) is 9.49 Å². The van der Waals surface area contributed by atoms with Crippen LogP contribution in [0.2, 0.25) is 0 Å². The van der Waals surface area contributed by atoms with Crippen LogP contribution < -0.4 is 0 Å². The van der Waals surface area contributed by atoms with E-state index in [0.717, 1.165) is 23.7 Å². The summed E-state index contributed by atoms with van der Waals surface area (Å²) in [5, 5.41) is 1.26. The van der Waals surface area contributed by atoms with Crippen LogP contribution in [-0.4, -0.2) is 14.6 Å². The van der Waals surface area contributed by atoms with Gasteiger partial charge in [0.25, 0.3) is 0 Å². The quantitative estimate of drug-likeness (QED) is 0.272. The fourth-order valence-electron chi connectivity index (χ4n) is 4.44. The minimum Gasteiger partial charge on any atom is -0.144 e. The predicted molar refractivity (Wildman–Crippen MR) is 124 cm³/mol. The van der Waals surface area contributed by atoms with E-state index in [1.165, 1.54) is 43.6 Å². The smallest absolute Gasteiger partial charge is 0.0403 e. The number of rotatable bonds is 14. The Morgan fingerprint density at radius 2 is 0.760 bits per heavy atom. The van der Waals surface area contributed by atoms with Crippen molar-refractivity contribution in [2.24, 2.45) is 23.7 Å². The van der Waals surface area contributed by atoms with Gasteiger partial charge in [-0.3, -0.25) is 0 Å². The average Bonchev–Trinajstić information content (AvgIpc) is 2.44. The van der Waals surface area contributed by atoms with E-state index < -0.39 is 0 Å². The van der Waals surface area contributed by atoms with Gasteiger partial charge in [-0.15, -0.1) is 23.5 Å². The molecular formula is C23H48S2. The molecule has 0 fully saturated rings. The van der Waals surface area contributed by atoms with Gasteiger partial charge in [-0.1, -0.05) is 69.2 Å². The number of hydrogen-bond acceptors (Lipinski definition) is 2. The van der Waals surface area contributed by atoms with E-state index in [9.17, 15) is 0 Å². The lowest BCUT2D eigenvalue weighted by molar-refractivity contribution is 0.371. The van der Waals surface area contributed by atoms with E-state index in [1.807, 2.05) is 0 Å². The molecule has 0 heterocycles. The Bertz CT molecular complexity index is 279. The highest BCUT2D eigenvalue weighted by atomic mass is 32.2. The maximum atomic E-state index is 2.41. The van der Waals surface area contributed by atoms with Crippen molar-refractivity contribution >= 4 is 23.5 Å². The van der Waals surface area contributed by atoms with Gasteiger partial charge >= 0.3 is 0 Å². The maximum absolute atomic E-state index is 2.41. The molecule has 0 N–H and O–H groups in total. The molecule has 0 saturated carbocycles. The lowest BCUT2D eigenvalue weighted by Gasteiger charge is -2.39. The van der Waals surface area contributed by atoms with Gasteiger partial charge in [-0.05, 0) is 62.2 Å². The van der Waals surface area contributed by atoms with Crippen LogP contribution in [0.25, 0.3) is 0 Å². The van der Waals surface area contributed by atoms with Crippen LogP contribution >= 0.6 is 23.5 Å². The molecule has 0 aromatic heterocycles. The highest BCUT2D eigenvalue weighted by Crippen LogP contribution is 2.47. The zero-order chi connectivity index (χ0) is 19.7. The summed E-state index contributed by atoms with van der Waals surface area (Å²) in [5.41, 5.74) is 0. The highest BCUT2D eigenvalue weighted by molar-refractivity contribution is 8.17. The first-order valence-electron chi connectivity index (χ1n) is 10.8. The molecule has 0 aliphatic rings. The molecule has 0 atom stereocenters. The van der Waals surface area contributed by atoms with Gasteiger partial charge in [0.15, 0.2) is 0 Å². The van der Waals surface area contributed by atoms with Gasteiger partial charge < -0.3 is 0 Å². The van der Waals surface area contributed by atoms with Gasteiger partial charge in [-0.2, -0.15) is 0 Å². The van der Waals surface area contributed by atoms with Crippen molar-refractivity contribution < 1.29 is 0 Å². The van der Waals surface area contributed by atoms with E-state index in [1.54, 1.807) is 0 Å². The molecule has 0 aromatic carbocycles. The van der Waals surface area contributed by atoms with Crippen LogP contribution in [0.4, 0.5) is 0 Å². The summed E-state index contributed by atoms with van der Waals surface area (Å²) in [6.45, 7) is 24.0. The third-order valence-electron chi connectivity index (χ3n) is 5.14. The monoisotopic (exact) mass is 388 g/mol. The van der Waals surface area contributed by atoms with Crippen LogP contribution in [0.1, 0.15) is 108 Å². The Kier molecular flexibility index (Phi) is 12.6. The first-order valence-corrected chi connectivity index (χ1v) is 12.7. The van der Waals surface area contributed by atoms with Crippen LogP contribution in [-0.2, 0) is 0 Å². The molecule has 0 rings (SSSR count). The van der Waals surface area contributed by atoms with E-state index in [4.69, 9.17) is 0 Å². The molecule has 0 aliphatic carbocycles. The zero-order valence-corrected chi connectivity index (χ0v) is 20.7. The summed E-state index contributed by atoms with van der Waals surface area (Å²) >= 11 is 4.57. The van der Waals surface area contributed by atoms with Crippen LogP contribution in [0.5, 0.6) is 0 Å². The second kappa shape index (κ2) is 12.2. The first-order chi connectivity index (χ1) is 11.5. The second-order valence-corrected chi connectivity index (χ2v) is 13.1. The third-order valence-corrected chi connectivity index (χ3v) is 8.55. The summed E-state index contributed by atoms with van der Waals surface area (Å²) in [4.78, 5) is 0. The van der Waals surface area contributed by atoms with Gasteiger partial charge in [0.05, 0.1) is 0 Å². The van der Waals surface area contributed by atoms with Gasteiger partial charge in [-0.25, -0.2) is 0 Å². The first kappa shape index (κ1) is 25.7. The molecule has 0 aliphatic heterocycles. The van der Waals surface area contributed by atoms with Crippen molar-refractivity contribution in [2.75, 3.05) is 5.08 Å². The fourth-order valence-corrected chi connectivity index (χ4v) is 8.89. The standard InChI is InChI=1S/C23H48S2/c1-11-22(13-18(3)4,14-19(5)6)24-17-25-23(12-2,15-20(7)8)16-21(9)10/h18-21H,11-17H2,1-10H3. The molecule has 25 heavy (non-hydrogen) atoms. The van der Waals surface area contributed by atoms with E-state index >= 15 is 0 Å². The Morgan fingerprint density at radius 3 is 0.920 bits per heavy atom. The van der Waals surface area contributed by atoms with Crippen LogP contribution in [0.3, 0.4) is 0 Å². The largest absolute Gasteiger partial charge is 0.144 e. The fraction of sp³-hybridized carbons (Fsp3) is 1.00. The maximum Gasteiger partial charge on any atom is 0.0403 e. The van der Waals surface area contributed by atoms with Crippen molar-refractivity contribution in [3.63, 3.8) is 0 Å². The molecule has 0 saturated heterocycles. The van der Waals surface area contributed by atoms with E-state index in [2.05, 4.69) is 92.8 Å². The Labute approximate surface area is 169 Å². The second-order valence-electron chi connectivity index (χ2n) is 9.87. The summed E-state index contributed by atoms with van der Waals surface area (Å²) in [7, 11) is 0. The predicted octanol–water partition coefficient (Wildman–Crippen LogP) is 8.89. The number of thioether (sulfide) groups is 2. The van der Waals surface area contributed by atoms with Crippen molar-refractivity contribution in [1.29, 1.82) is 0 Å². The normalized spacial score (nSPS) is 13.7. The van der Waals surface area contributed by atoms with Gasteiger partial charge in [0.2, 0.25) is 0 Å². The molecule has 0 bridgehead atoms. The summed E-state index contributed by atoms with van der Waals surface area (Å²) in [6, 6.07) is 0. The molecule has 0 spiro atoms. The lowest BCUT2D eigenvalue weighted by Crippen LogP contribution is -2.31. The minimum absolute atomic E-state index is 0.477. The average molecular weight is 389 g/mol. The third kappa shape index (κ3) is 10.6. The molecule has 0 aromatic rings.